The van der Waals surface area contributed by atoms with E-state index in [0.717, 1.165) is 78.1 Å². The van der Waals surface area contributed by atoms with E-state index in [2.05, 4.69) is 81.2 Å². The molecule has 0 fully saturated rings. The lowest BCUT2D eigenvalue weighted by atomic mass is 9.77. The van der Waals surface area contributed by atoms with Gasteiger partial charge in [0.15, 0.2) is 0 Å². The largest absolute Gasteiger partial charge is 0.344 e. The van der Waals surface area contributed by atoms with Crippen molar-refractivity contribution in [2.45, 2.75) is 91.9 Å². The Morgan fingerprint density at radius 1 is 0.830 bits per heavy atom. The second-order valence-corrected chi connectivity index (χ2v) is 17.8. The average molecular weight is 702 g/mol. The lowest BCUT2D eigenvalue weighted by molar-refractivity contribution is 0.385. The van der Waals surface area contributed by atoms with Crippen molar-refractivity contribution in [3.63, 3.8) is 0 Å². The fraction of sp³-hybridized carbons (Fsp3) is 0.514. The minimum absolute atomic E-state index is 0.192. The molecular weight excluding hydrogens is 654 g/mol. The standard InChI is InChI=1S/C37H48ClNO6S2/c1-36(2)30-16-6-5-14-28(30)29(15-10-24-46(40,41)42)31(36)21-19-26-12-9-13-27(35(26)38)20-22-34-37(3,4)32-17-7-8-18-33(32)39(34)23-11-25-47(43,44)45/h5,8,14,18-22H,6-7,9-13,15-17,23-25H2,1-4H3,(H,40,41,42)(H,43,44,45)/b21-19+,27-20?,34-22-. The van der Waals surface area contributed by atoms with Crippen LogP contribution in [0.4, 0.5) is 0 Å². The molecule has 0 radical (unpaired) electrons. The highest BCUT2D eigenvalue weighted by Crippen LogP contribution is 2.53. The van der Waals surface area contributed by atoms with Crippen LogP contribution in [-0.2, 0) is 20.2 Å². The van der Waals surface area contributed by atoms with E-state index < -0.39 is 20.2 Å². The average Bonchev–Trinajstić information content (AvgIpc) is 3.33. The van der Waals surface area contributed by atoms with Gasteiger partial charge in [0.25, 0.3) is 20.2 Å². The maximum Gasteiger partial charge on any atom is 0.264 e. The summed E-state index contributed by atoms with van der Waals surface area (Å²) in [5.74, 6) is -0.538. The van der Waals surface area contributed by atoms with Gasteiger partial charge < -0.3 is 4.90 Å². The molecule has 0 spiro atoms. The summed E-state index contributed by atoms with van der Waals surface area (Å²) in [6.07, 6.45) is 25.0. The molecule has 0 aromatic carbocycles. The van der Waals surface area contributed by atoms with E-state index in [1.54, 1.807) is 0 Å². The van der Waals surface area contributed by atoms with Gasteiger partial charge in [0.1, 0.15) is 0 Å². The first-order chi connectivity index (χ1) is 22.0. The summed E-state index contributed by atoms with van der Waals surface area (Å²) in [4.78, 5) is 2.20. The molecular formula is C37H48ClNO6S2. The third kappa shape index (κ3) is 7.91. The maximum absolute atomic E-state index is 11.5. The van der Waals surface area contributed by atoms with Crippen molar-refractivity contribution in [2.75, 3.05) is 18.1 Å². The fourth-order valence-electron chi connectivity index (χ4n) is 7.96. The molecule has 1 aliphatic heterocycles. The van der Waals surface area contributed by atoms with Crippen molar-refractivity contribution in [2.24, 2.45) is 10.8 Å². The van der Waals surface area contributed by atoms with E-state index >= 15 is 0 Å². The Hall–Kier alpha value is -2.43. The van der Waals surface area contributed by atoms with Crippen LogP contribution in [0.5, 0.6) is 0 Å². The number of hydrogen-bond acceptors (Lipinski definition) is 5. The van der Waals surface area contributed by atoms with Gasteiger partial charge in [-0.25, -0.2) is 0 Å². The molecule has 10 heteroatoms. The number of hydrogen-bond donors (Lipinski definition) is 2. The van der Waals surface area contributed by atoms with Crippen LogP contribution in [-0.4, -0.2) is 48.9 Å². The van der Waals surface area contributed by atoms with Crippen LogP contribution in [0.25, 0.3) is 0 Å². The Morgan fingerprint density at radius 2 is 1.49 bits per heavy atom. The van der Waals surface area contributed by atoms with Crippen molar-refractivity contribution in [1.29, 1.82) is 0 Å². The molecule has 0 bridgehead atoms. The van der Waals surface area contributed by atoms with E-state index in [0.29, 0.717) is 25.8 Å². The zero-order valence-corrected chi connectivity index (χ0v) is 30.4. The van der Waals surface area contributed by atoms with E-state index in [1.807, 2.05) is 0 Å². The summed E-state index contributed by atoms with van der Waals surface area (Å²) in [6.45, 7) is 9.39. The Bertz CT molecular complexity index is 1810. The van der Waals surface area contributed by atoms with Gasteiger partial charge in [-0.1, -0.05) is 81.3 Å². The van der Waals surface area contributed by atoms with Crippen LogP contribution in [0.2, 0.25) is 0 Å². The summed E-state index contributed by atoms with van der Waals surface area (Å²) >= 11 is 7.11. The highest BCUT2D eigenvalue weighted by Gasteiger charge is 2.41. The summed E-state index contributed by atoms with van der Waals surface area (Å²) in [5.41, 5.74) is 10.2. The number of allylic oxidation sites excluding steroid dienone is 16. The summed E-state index contributed by atoms with van der Waals surface area (Å²) in [5, 5.41) is 0.748. The SMILES string of the molecule is CC1(C)C(/C=C/C2=C(Cl)C(=C/C=C3\N(CCCS(=O)(=O)O)C4=C(CCC=C4)C3(C)C)CCC2)=C(CCCS(=O)(=O)O)C2=C1CCC=C2. The smallest absolute Gasteiger partial charge is 0.264 e. The van der Waals surface area contributed by atoms with E-state index in [4.69, 9.17) is 11.6 Å². The van der Waals surface area contributed by atoms with Crippen molar-refractivity contribution in [1.82, 2.24) is 4.90 Å². The molecule has 0 aromatic heterocycles. The number of nitrogens with zero attached hydrogens (tertiary/aromatic N) is 1. The second-order valence-electron chi connectivity index (χ2n) is 14.2. The van der Waals surface area contributed by atoms with E-state index in [1.165, 1.54) is 22.3 Å². The molecule has 0 saturated carbocycles. The first-order valence-corrected chi connectivity index (χ1v) is 20.3. The Balaban J connectivity index is 1.45. The lowest BCUT2D eigenvalue weighted by Gasteiger charge is -2.29. The molecule has 5 aliphatic rings. The maximum atomic E-state index is 11.5. The van der Waals surface area contributed by atoms with Gasteiger partial charge in [0.05, 0.1) is 11.5 Å². The van der Waals surface area contributed by atoms with Crippen LogP contribution >= 0.6 is 11.6 Å². The van der Waals surface area contributed by atoms with Gasteiger partial charge in [-0.15, -0.1) is 0 Å². The van der Waals surface area contributed by atoms with Gasteiger partial charge in [0, 0.05) is 33.8 Å². The molecule has 7 nitrogen and oxygen atoms in total. The van der Waals surface area contributed by atoms with Crippen LogP contribution < -0.4 is 0 Å². The lowest BCUT2D eigenvalue weighted by Crippen LogP contribution is -2.25. The van der Waals surface area contributed by atoms with Gasteiger partial charge >= 0.3 is 0 Å². The molecule has 0 saturated heterocycles. The summed E-state index contributed by atoms with van der Waals surface area (Å²) in [6, 6.07) is 0. The molecule has 0 unspecified atom stereocenters. The Morgan fingerprint density at radius 3 is 2.19 bits per heavy atom. The summed E-state index contributed by atoms with van der Waals surface area (Å²) < 4.78 is 64.5. The third-order valence-electron chi connectivity index (χ3n) is 10.3. The summed E-state index contributed by atoms with van der Waals surface area (Å²) in [7, 11) is -8.07. The van der Waals surface area contributed by atoms with Crippen molar-refractivity contribution in [3.8, 4) is 0 Å². The van der Waals surface area contributed by atoms with Crippen LogP contribution in [0.15, 0.2) is 104 Å². The molecule has 2 N–H and O–H groups in total. The van der Waals surface area contributed by atoms with Gasteiger partial charge in [0.2, 0.25) is 0 Å². The second kappa shape index (κ2) is 13.8. The molecule has 5 rings (SSSR count). The minimum atomic E-state index is -4.04. The highest BCUT2D eigenvalue weighted by molar-refractivity contribution is 7.86. The zero-order chi connectivity index (χ0) is 34.2. The van der Waals surface area contributed by atoms with E-state index in [9.17, 15) is 25.9 Å². The first kappa shape index (κ1) is 35.9. The Labute approximate surface area is 286 Å². The van der Waals surface area contributed by atoms with Crippen LogP contribution in [0.3, 0.4) is 0 Å². The predicted octanol–water partition coefficient (Wildman–Crippen LogP) is 8.90. The molecule has 0 aromatic rings. The topological polar surface area (TPSA) is 112 Å². The van der Waals surface area contributed by atoms with Gasteiger partial charge in [-0.05, 0) is 110 Å². The van der Waals surface area contributed by atoms with Crippen molar-refractivity contribution < 1.29 is 25.9 Å². The highest BCUT2D eigenvalue weighted by atomic mass is 35.5. The molecule has 0 atom stereocenters. The quantitative estimate of drug-likeness (QED) is 0.207. The number of rotatable bonds is 11. The van der Waals surface area contributed by atoms with Gasteiger partial charge in [-0.3, -0.25) is 9.11 Å². The molecule has 4 aliphatic carbocycles. The van der Waals surface area contributed by atoms with Crippen molar-refractivity contribution >= 4 is 31.8 Å². The normalized spacial score (nSPS) is 24.5. The predicted molar refractivity (Wildman–Crippen MR) is 191 cm³/mol. The first-order valence-electron chi connectivity index (χ1n) is 16.7. The van der Waals surface area contributed by atoms with Crippen molar-refractivity contribution in [3.05, 3.63) is 104 Å². The molecule has 1 heterocycles. The van der Waals surface area contributed by atoms with Crippen LogP contribution in [0.1, 0.15) is 91.9 Å². The van der Waals surface area contributed by atoms with E-state index in [-0.39, 0.29) is 22.3 Å². The van der Waals surface area contributed by atoms with Gasteiger partial charge in [-0.2, -0.15) is 16.8 Å². The molecule has 47 heavy (non-hydrogen) atoms. The fourth-order valence-corrected chi connectivity index (χ4v) is 9.28. The minimum Gasteiger partial charge on any atom is -0.344 e. The monoisotopic (exact) mass is 701 g/mol. The Kier molecular flexibility index (Phi) is 10.6. The molecule has 256 valence electrons. The number of halogens is 1. The molecule has 0 amide bonds. The third-order valence-corrected chi connectivity index (χ3v) is 12.4. The zero-order valence-electron chi connectivity index (χ0n) is 28.0. The van der Waals surface area contributed by atoms with Crippen LogP contribution in [0, 0.1) is 10.8 Å².